The number of carbonyl (C=O) groups excluding carboxylic acids is 2. The van der Waals surface area contributed by atoms with Crippen molar-refractivity contribution in [1.82, 2.24) is 25.9 Å². The molecule has 12 nitrogen and oxygen atoms in total. The van der Waals surface area contributed by atoms with Gasteiger partial charge in [-0.05, 0) is 57.7 Å². The molecule has 0 saturated heterocycles. The van der Waals surface area contributed by atoms with Gasteiger partial charge in [-0.2, -0.15) is 5.21 Å². The maximum Gasteiger partial charge on any atom is 0.319 e. The molecule has 1 atom stereocenters. The van der Waals surface area contributed by atoms with Crippen LogP contribution in [-0.2, 0) is 15.3 Å². The number of urea groups is 1. The number of rotatable bonds is 8. The van der Waals surface area contributed by atoms with Gasteiger partial charge < -0.3 is 15.4 Å². The Morgan fingerprint density at radius 2 is 1.56 bits per heavy atom. The first-order valence-corrected chi connectivity index (χ1v) is 14.4. The van der Waals surface area contributed by atoms with Crippen molar-refractivity contribution in [3.05, 3.63) is 89.0 Å². The van der Waals surface area contributed by atoms with Crippen LogP contribution in [-0.4, -0.2) is 54.3 Å². The predicted molar refractivity (Wildman–Crippen MR) is 154 cm³/mol. The highest BCUT2D eigenvalue weighted by molar-refractivity contribution is 7.90. The van der Waals surface area contributed by atoms with Gasteiger partial charge in [0.1, 0.15) is 10.6 Å². The first kappa shape index (κ1) is 29.2. The number of amides is 3. The average molecular weight is 578 g/mol. The largest absolute Gasteiger partial charge is 0.495 e. The Balaban J connectivity index is 1.61. The summed E-state index contributed by atoms with van der Waals surface area (Å²) in [6, 6.07) is 17.9. The van der Waals surface area contributed by atoms with E-state index in [1.807, 2.05) is 24.3 Å². The van der Waals surface area contributed by atoms with Crippen molar-refractivity contribution in [3.63, 3.8) is 0 Å². The molecule has 0 saturated carbocycles. The Kier molecular flexibility index (Phi) is 8.38. The molecule has 41 heavy (non-hydrogen) atoms. The molecule has 13 heteroatoms. The molecule has 4 N–H and O–H groups in total. The topological polar surface area (TPSA) is 168 Å². The van der Waals surface area contributed by atoms with Gasteiger partial charge in [-0.15, -0.1) is 5.10 Å². The molecule has 214 valence electrons. The van der Waals surface area contributed by atoms with E-state index < -0.39 is 27.8 Å². The SMILES string of the molecule is COc1ccc(NC(=O)NC(c2ccc(C(=O)Nc3nn[nH]n3)cc2)c2ccc(C(C)(C)C)cc2)cc1S(C)(=O)=O. The van der Waals surface area contributed by atoms with Gasteiger partial charge in [-0.1, -0.05) is 62.3 Å². The third kappa shape index (κ3) is 7.25. The zero-order chi connectivity index (χ0) is 29.8. The maximum atomic E-state index is 13.2. The number of aromatic nitrogens is 4. The standard InChI is InChI=1S/C28H31N7O5S/c1-28(2,3)20-12-10-18(11-13-20)24(17-6-8-19(9-7-17)25(36)31-26-32-34-35-33-26)30-27(37)29-21-14-15-22(40-4)23(16-21)41(5,38)39/h6-16,24H,1-5H3,(H2,29,30,37)(H2,31,32,33,34,35,36). The van der Waals surface area contributed by atoms with Crippen molar-refractivity contribution in [2.24, 2.45) is 0 Å². The lowest BCUT2D eigenvalue weighted by Gasteiger charge is -2.23. The summed E-state index contributed by atoms with van der Waals surface area (Å²) >= 11 is 0. The van der Waals surface area contributed by atoms with Gasteiger partial charge in [-0.25, -0.2) is 13.2 Å². The lowest BCUT2D eigenvalue weighted by molar-refractivity contribution is 0.102. The third-order valence-electron chi connectivity index (χ3n) is 6.28. The van der Waals surface area contributed by atoms with Crippen LogP contribution in [0.4, 0.5) is 16.4 Å². The van der Waals surface area contributed by atoms with E-state index in [0.717, 1.165) is 17.4 Å². The molecule has 0 spiro atoms. The molecule has 0 fully saturated rings. The van der Waals surface area contributed by atoms with Gasteiger partial charge in [0.15, 0.2) is 9.84 Å². The fourth-order valence-electron chi connectivity index (χ4n) is 4.09. The first-order chi connectivity index (χ1) is 19.3. The highest BCUT2D eigenvalue weighted by Gasteiger charge is 2.21. The predicted octanol–water partition coefficient (Wildman–Crippen LogP) is 4.07. The fraction of sp³-hybridized carbons (Fsp3) is 0.250. The number of nitrogens with one attached hydrogen (secondary N) is 4. The van der Waals surface area contributed by atoms with E-state index in [0.29, 0.717) is 11.1 Å². The number of nitrogens with zero attached hydrogens (tertiary/aromatic N) is 3. The van der Waals surface area contributed by atoms with Gasteiger partial charge in [-0.3, -0.25) is 10.1 Å². The van der Waals surface area contributed by atoms with Crippen molar-refractivity contribution in [3.8, 4) is 5.75 Å². The minimum atomic E-state index is -3.60. The second kappa shape index (κ2) is 11.8. The van der Waals surface area contributed by atoms with Crippen LogP contribution in [0.1, 0.15) is 53.9 Å². The smallest absolute Gasteiger partial charge is 0.319 e. The van der Waals surface area contributed by atoms with Crippen molar-refractivity contribution in [1.29, 1.82) is 0 Å². The van der Waals surface area contributed by atoms with Crippen LogP contribution in [0.25, 0.3) is 0 Å². The summed E-state index contributed by atoms with van der Waals surface area (Å²) in [5.41, 5.74) is 3.23. The molecule has 0 aliphatic carbocycles. The van der Waals surface area contributed by atoms with E-state index in [2.05, 4.69) is 57.3 Å². The normalized spacial score (nSPS) is 12.3. The molecule has 0 bridgehead atoms. The third-order valence-corrected chi connectivity index (χ3v) is 7.40. The summed E-state index contributed by atoms with van der Waals surface area (Å²) in [4.78, 5) is 25.7. The molecule has 1 unspecified atom stereocenters. The number of sulfone groups is 1. The number of H-pyrrole nitrogens is 1. The van der Waals surface area contributed by atoms with E-state index in [1.165, 1.54) is 19.2 Å². The highest BCUT2D eigenvalue weighted by atomic mass is 32.2. The molecule has 3 aromatic carbocycles. The van der Waals surface area contributed by atoms with Crippen LogP contribution in [0.5, 0.6) is 5.75 Å². The van der Waals surface area contributed by atoms with E-state index in [9.17, 15) is 18.0 Å². The Labute approximate surface area is 237 Å². The summed E-state index contributed by atoms with van der Waals surface area (Å²) < 4.78 is 29.6. The lowest BCUT2D eigenvalue weighted by atomic mass is 9.85. The van der Waals surface area contributed by atoms with Crippen LogP contribution < -0.4 is 20.7 Å². The van der Waals surface area contributed by atoms with Gasteiger partial charge >= 0.3 is 6.03 Å². The van der Waals surface area contributed by atoms with E-state index >= 15 is 0 Å². The minimum absolute atomic E-state index is 0.0400. The Morgan fingerprint density at radius 1 is 0.927 bits per heavy atom. The lowest BCUT2D eigenvalue weighted by Crippen LogP contribution is -2.33. The van der Waals surface area contributed by atoms with E-state index in [1.54, 1.807) is 30.3 Å². The average Bonchev–Trinajstić information content (AvgIpc) is 3.44. The van der Waals surface area contributed by atoms with E-state index in [4.69, 9.17) is 4.74 Å². The van der Waals surface area contributed by atoms with E-state index in [-0.39, 0.29) is 27.7 Å². The number of anilines is 2. The Hall–Kier alpha value is -4.78. The van der Waals surface area contributed by atoms with Crippen molar-refractivity contribution in [2.75, 3.05) is 24.0 Å². The number of benzene rings is 3. The van der Waals surface area contributed by atoms with Crippen LogP contribution >= 0.6 is 0 Å². The summed E-state index contributed by atoms with van der Waals surface area (Å²) in [6.07, 6.45) is 1.07. The van der Waals surface area contributed by atoms with Crippen LogP contribution in [0.3, 0.4) is 0 Å². The Bertz CT molecular complexity index is 1630. The number of methoxy groups -OCH3 is 1. The highest BCUT2D eigenvalue weighted by Crippen LogP contribution is 2.29. The van der Waals surface area contributed by atoms with Gasteiger partial charge in [0.05, 0.1) is 13.2 Å². The molecule has 0 radical (unpaired) electrons. The van der Waals surface area contributed by atoms with Gasteiger partial charge in [0.25, 0.3) is 11.9 Å². The number of hydrogen-bond acceptors (Lipinski definition) is 8. The van der Waals surface area contributed by atoms with Crippen LogP contribution in [0, 0.1) is 0 Å². The Morgan fingerprint density at radius 3 is 2.10 bits per heavy atom. The number of aromatic amines is 1. The molecule has 1 aromatic heterocycles. The van der Waals surface area contributed by atoms with Gasteiger partial charge in [0, 0.05) is 17.5 Å². The number of ether oxygens (including phenoxy) is 1. The fourth-order valence-corrected chi connectivity index (χ4v) is 4.95. The van der Waals surface area contributed by atoms with Crippen molar-refractivity contribution >= 4 is 33.4 Å². The quantitative estimate of drug-likeness (QED) is 0.243. The number of carbonyl (C=O) groups is 2. The molecule has 0 aliphatic heterocycles. The zero-order valence-electron chi connectivity index (χ0n) is 23.2. The molecule has 4 aromatic rings. The summed E-state index contributed by atoms with van der Waals surface area (Å²) in [5.74, 6) is -0.193. The van der Waals surface area contributed by atoms with Crippen molar-refractivity contribution < 1.29 is 22.7 Å². The number of hydrogen-bond donors (Lipinski definition) is 4. The second-order valence-electron chi connectivity index (χ2n) is 10.4. The summed E-state index contributed by atoms with van der Waals surface area (Å²) in [5, 5.41) is 21.3. The van der Waals surface area contributed by atoms with Crippen LogP contribution in [0.15, 0.2) is 71.6 Å². The monoisotopic (exact) mass is 577 g/mol. The molecular weight excluding hydrogens is 546 g/mol. The molecule has 4 rings (SSSR count). The molecule has 3 amide bonds. The van der Waals surface area contributed by atoms with Crippen LogP contribution in [0.2, 0.25) is 0 Å². The maximum absolute atomic E-state index is 13.2. The van der Waals surface area contributed by atoms with Crippen molar-refractivity contribution in [2.45, 2.75) is 37.1 Å². The summed E-state index contributed by atoms with van der Waals surface area (Å²) in [6.45, 7) is 6.34. The molecule has 1 heterocycles. The molecule has 0 aliphatic rings. The van der Waals surface area contributed by atoms with Gasteiger partial charge in [0.2, 0.25) is 0 Å². The molecular formula is C28H31N7O5S. The zero-order valence-corrected chi connectivity index (χ0v) is 24.0. The minimum Gasteiger partial charge on any atom is -0.495 e. The number of tetrazole rings is 1. The summed E-state index contributed by atoms with van der Waals surface area (Å²) in [7, 11) is -2.22. The first-order valence-electron chi connectivity index (χ1n) is 12.6. The second-order valence-corrected chi connectivity index (χ2v) is 12.3.